The molecule has 1 saturated heterocycles. The van der Waals surface area contributed by atoms with Gasteiger partial charge in [0.1, 0.15) is 0 Å². The van der Waals surface area contributed by atoms with Gasteiger partial charge in [-0.15, -0.1) is 0 Å². The van der Waals surface area contributed by atoms with Crippen molar-refractivity contribution >= 4 is 17.5 Å². The van der Waals surface area contributed by atoms with Crippen LogP contribution >= 0.6 is 0 Å². The molecule has 0 aromatic heterocycles. The van der Waals surface area contributed by atoms with E-state index in [0.29, 0.717) is 24.7 Å². The van der Waals surface area contributed by atoms with Crippen LogP contribution in [-0.4, -0.2) is 29.8 Å². The molecule has 1 aromatic carbocycles. The maximum Gasteiger partial charge on any atom is 0.313 e. The fourth-order valence-electron chi connectivity index (χ4n) is 2.55. The number of nitrogens with zero attached hydrogens (tertiary/aromatic N) is 1. The number of carbonyl (C=O) groups is 2. The highest BCUT2D eigenvalue weighted by Gasteiger charge is 2.22. The average Bonchev–Trinajstić information content (AvgIpc) is 2.76. The van der Waals surface area contributed by atoms with E-state index < -0.39 is 11.8 Å². The Balaban J connectivity index is 1.95. The van der Waals surface area contributed by atoms with Crippen molar-refractivity contribution in [2.45, 2.75) is 45.4 Å². The number of hydrogen-bond acceptors (Lipinski definition) is 2. The largest absolute Gasteiger partial charge is 0.334 e. The highest BCUT2D eigenvalue weighted by atomic mass is 16.2. The van der Waals surface area contributed by atoms with Gasteiger partial charge in [0.25, 0.3) is 0 Å². The van der Waals surface area contributed by atoms with E-state index in [1.807, 2.05) is 24.3 Å². The van der Waals surface area contributed by atoms with Gasteiger partial charge in [-0.3, -0.25) is 9.59 Å². The summed E-state index contributed by atoms with van der Waals surface area (Å²) in [6, 6.07) is 7.67. The maximum atomic E-state index is 12.1. The third-order valence-corrected chi connectivity index (χ3v) is 3.92. The van der Waals surface area contributed by atoms with Crippen LogP contribution in [0.15, 0.2) is 24.3 Å². The van der Waals surface area contributed by atoms with Gasteiger partial charge in [-0.05, 0) is 36.5 Å². The van der Waals surface area contributed by atoms with Crippen LogP contribution < -0.4 is 5.32 Å². The predicted molar refractivity (Wildman–Crippen MR) is 84.2 cm³/mol. The summed E-state index contributed by atoms with van der Waals surface area (Å²) in [4.78, 5) is 25.9. The SMILES string of the molecule is CC(C)c1ccc(NC(=O)C(=O)N2CCCCCC2)cc1. The molecule has 1 heterocycles. The molecule has 0 radical (unpaired) electrons. The van der Waals surface area contributed by atoms with Gasteiger partial charge in [-0.2, -0.15) is 0 Å². The number of nitrogens with one attached hydrogen (secondary N) is 1. The molecule has 2 rings (SSSR count). The van der Waals surface area contributed by atoms with Gasteiger partial charge in [-0.25, -0.2) is 0 Å². The molecular formula is C17H24N2O2. The number of hydrogen-bond donors (Lipinski definition) is 1. The summed E-state index contributed by atoms with van der Waals surface area (Å²) in [7, 11) is 0. The normalized spacial score (nSPS) is 15.7. The predicted octanol–water partition coefficient (Wildman–Crippen LogP) is 3.15. The van der Waals surface area contributed by atoms with E-state index in [-0.39, 0.29) is 0 Å². The molecule has 1 aromatic rings. The van der Waals surface area contributed by atoms with E-state index in [1.165, 1.54) is 5.56 Å². The van der Waals surface area contributed by atoms with Crippen LogP contribution in [0.3, 0.4) is 0 Å². The lowest BCUT2D eigenvalue weighted by atomic mass is 10.0. The molecule has 0 saturated carbocycles. The molecule has 1 fully saturated rings. The first kappa shape index (κ1) is 15.5. The van der Waals surface area contributed by atoms with Crippen LogP contribution in [0.1, 0.15) is 51.0 Å². The van der Waals surface area contributed by atoms with Crippen molar-refractivity contribution < 1.29 is 9.59 Å². The molecule has 0 atom stereocenters. The van der Waals surface area contributed by atoms with Crippen LogP contribution in [-0.2, 0) is 9.59 Å². The summed E-state index contributed by atoms with van der Waals surface area (Å²) in [5, 5.41) is 2.70. The second kappa shape index (κ2) is 7.25. The minimum absolute atomic E-state index is 0.412. The highest BCUT2D eigenvalue weighted by Crippen LogP contribution is 2.17. The van der Waals surface area contributed by atoms with E-state index in [1.54, 1.807) is 4.90 Å². The highest BCUT2D eigenvalue weighted by molar-refractivity contribution is 6.39. The van der Waals surface area contributed by atoms with Gasteiger partial charge < -0.3 is 10.2 Å². The van der Waals surface area contributed by atoms with Gasteiger partial charge in [0, 0.05) is 18.8 Å². The number of rotatable bonds is 2. The molecule has 0 spiro atoms. The zero-order valence-electron chi connectivity index (χ0n) is 12.9. The first-order valence-corrected chi connectivity index (χ1v) is 7.78. The Morgan fingerprint density at radius 1 is 1.00 bits per heavy atom. The van der Waals surface area contributed by atoms with Crippen molar-refractivity contribution in [3.05, 3.63) is 29.8 Å². The molecule has 1 aliphatic rings. The molecule has 21 heavy (non-hydrogen) atoms. The van der Waals surface area contributed by atoms with Gasteiger partial charge in [0.2, 0.25) is 0 Å². The number of anilines is 1. The third-order valence-electron chi connectivity index (χ3n) is 3.92. The van der Waals surface area contributed by atoms with Crippen LogP contribution in [0.4, 0.5) is 5.69 Å². The molecule has 1 N–H and O–H groups in total. The van der Waals surface area contributed by atoms with Crippen molar-refractivity contribution in [2.24, 2.45) is 0 Å². The minimum Gasteiger partial charge on any atom is -0.334 e. The van der Waals surface area contributed by atoms with Crippen LogP contribution in [0.25, 0.3) is 0 Å². The average molecular weight is 288 g/mol. The number of amides is 2. The summed E-state index contributed by atoms with van der Waals surface area (Å²) in [6.07, 6.45) is 4.26. The molecule has 2 amide bonds. The Morgan fingerprint density at radius 2 is 1.57 bits per heavy atom. The monoisotopic (exact) mass is 288 g/mol. The van der Waals surface area contributed by atoms with Gasteiger partial charge in [0.15, 0.2) is 0 Å². The zero-order chi connectivity index (χ0) is 15.2. The van der Waals surface area contributed by atoms with E-state index in [0.717, 1.165) is 25.7 Å². The van der Waals surface area contributed by atoms with Crippen molar-refractivity contribution in [1.82, 2.24) is 4.90 Å². The Morgan fingerprint density at radius 3 is 2.10 bits per heavy atom. The lowest BCUT2D eigenvalue weighted by molar-refractivity contribution is -0.143. The van der Waals surface area contributed by atoms with Crippen molar-refractivity contribution in [3.63, 3.8) is 0 Å². The lowest BCUT2D eigenvalue weighted by Crippen LogP contribution is -2.40. The Labute approximate surface area is 126 Å². The van der Waals surface area contributed by atoms with E-state index >= 15 is 0 Å². The number of likely N-dealkylation sites (tertiary alicyclic amines) is 1. The fraction of sp³-hybridized carbons (Fsp3) is 0.529. The van der Waals surface area contributed by atoms with Crippen LogP contribution in [0, 0.1) is 0 Å². The topological polar surface area (TPSA) is 49.4 Å². The fourth-order valence-corrected chi connectivity index (χ4v) is 2.55. The first-order chi connectivity index (χ1) is 10.1. The van der Waals surface area contributed by atoms with E-state index in [4.69, 9.17) is 0 Å². The number of benzene rings is 1. The summed E-state index contributed by atoms with van der Waals surface area (Å²) in [6.45, 7) is 5.63. The molecule has 1 aliphatic heterocycles. The standard InChI is InChI=1S/C17H24N2O2/c1-13(2)14-7-9-15(10-8-14)18-16(20)17(21)19-11-5-3-4-6-12-19/h7-10,13H,3-6,11-12H2,1-2H3,(H,18,20). The third kappa shape index (κ3) is 4.31. The smallest absolute Gasteiger partial charge is 0.313 e. The summed E-state index contributed by atoms with van der Waals surface area (Å²) in [5.74, 6) is -0.493. The minimum atomic E-state index is -0.533. The molecule has 0 aliphatic carbocycles. The van der Waals surface area contributed by atoms with E-state index in [9.17, 15) is 9.59 Å². The van der Waals surface area contributed by atoms with Gasteiger partial charge in [-0.1, -0.05) is 38.8 Å². The van der Waals surface area contributed by atoms with Crippen molar-refractivity contribution in [1.29, 1.82) is 0 Å². The Kier molecular flexibility index (Phi) is 5.37. The van der Waals surface area contributed by atoms with Gasteiger partial charge >= 0.3 is 11.8 Å². The molecule has 4 heteroatoms. The lowest BCUT2D eigenvalue weighted by Gasteiger charge is -2.19. The van der Waals surface area contributed by atoms with Crippen molar-refractivity contribution in [3.8, 4) is 0 Å². The Bertz CT molecular complexity index is 486. The van der Waals surface area contributed by atoms with Gasteiger partial charge in [0.05, 0.1) is 0 Å². The Hall–Kier alpha value is -1.84. The zero-order valence-corrected chi connectivity index (χ0v) is 12.9. The summed E-state index contributed by atoms with van der Waals surface area (Å²) in [5.41, 5.74) is 1.89. The second-order valence-corrected chi connectivity index (χ2v) is 5.94. The maximum absolute atomic E-state index is 12.1. The van der Waals surface area contributed by atoms with Crippen LogP contribution in [0.5, 0.6) is 0 Å². The molecule has 0 bridgehead atoms. The second-order valence-electron chi connectivity index (χ2n) is 5.94. The van der Waals surface area contributed by atoms with E-state index in [2.05, 4.69) is 19.2 Å². The molecule has 114 valence electrons. The quantitative estimate of drug-likeness (QED) is 0.850. The molecule has 0 unspecified atom stereocenters. The first-order valence-electron chi connectivity index (χ1n) is 7.78. The van der Waals surface area contributed by atoms with Crippen molar-refractivity contribution in [2.75, 3.05) is 18.4 Å². The molecule has 4 nitrogen and oxygen atoms in total. The number of carbonyl (C=O) groups excluding carboxylic acids is 2. The summed E-state index contributed by atoms with van der Waals surface area (Å²) < 4.78 is 0. The molecular weight excluding hydrogens is 264 g/mol. The summed E-state index contributed by atoms with van der Waals surface area (Å²) >= 11 is 0. The van der Waals surface area contributed by atoms with Crippen LogP contribution in [0.2, 0.25) is 0 Å².